The van der Waals surface area contributed by atoms with Crippen molar-refractivity contribution in [2.75, 3.05) is 0 Å². The van der Waals surface area contributed by atoms with Crippen LogP contribution in [0.5, 0.6) is 0 Å². The van der Waals surface area contributed by atoms with Gasteiger partial charge in [-0.05, 0) is 36.2 Å². The summed E-state index contributed by atoms with van der Waals surface area (Å²) in [5.74, 6) is -0.328. The molecule has 0 saturated carbocycles. The van der Waals surface area contributed by atoms with Crippen LogP contribution in [0.2, 0.25) is 0 Å². The first kappa shape index (κ1) is 18.6. The Balaban J connectivity index is 2.01. The number of imidazole rings is 1. The second-order valence-electron chi connectivity index (χ2n) is 6.78. The Bertz CT molecular complexity index is 1330. The number of allylic oxidation sites excluding steroid dienone is 1. The molecule has 0 amide bonds. The normalized spacial score (nSPS) is 11.1. The van der Waals surface area contributed by atoms with Gasteiger partial charge in [0, 0.05) is 13.1 Å². The number of hydrogen-bond acceptors (Lipinski definition) is 3. The number of nitrogens with zero attached hydrogens (tertiary/aromatic N) is 4. The lowest BCUT2D eigenvalue weighted by molar-refractivity contribution is 0.626. The number of aromatic nitrogens is 4. The van der Waals surface area contributed by atoms with Crippen molar-refractivity contribution >= 4 is 11.2 Å². The molecule has 0 aliphatic heterocycles. The second kappa shape index (κ2) is 7.35. The van der Waals surface area contributed by atoms with Crippen LogP contribution in [-0.4, -0.2) is 18.7 Å². The molecule has 4 aromatic rings. The molecule has 2 heterocycles. The minimum atomic E-state index is -0.469. The fourth-order valence-corrected chi connectivity index (χ4v) is 3.41. The fourth-order valence-electron chi connectivity index (χ4n) is 3.41. The van der Waals surface area contributed by atoms with Crippen LogP contribution < -0.4 is 11.2 Å². The van der Waals surface area contributed by atoms with Gasteiger partial charge in [0.2, 0.25) is 0 Å². The highest BCUT2D eigenvalue weighted by Crippen LogP contribution is 2.17. The van der Waals surface area contributed by atoms with Gasteiger partial charge < -0.3 is 4.57 Å². The van der Waals surface area contributed by atoms with Gasteiger partial charge in [-0.1, -0.05) is 36.4 Å². The van der Waals surface area contributed by atoms with Crippen LogP contribution in [-0.2, 0) is 13.1 Å². The molecular weight excluding hydrogens is 371 g/mol. The molecule has 0 saturated heterocycles. The van der Waals surface area contributed by atoms with Crippen LogP contribution in [0.25, 0.3) is 16.9 Å². The summed E-state index contributed by atoms with van der Waals surface area (Å²) in [6.45, 7) is 5.96. The lowest BCUT2D eigenvalue weighted by Crippen LogP contribution is -2.40. The molecule has 0 spiro atoms. The lowest BCUT2D eigenvalue weighted by Gasteiger charge is -2.13. The molecule has 0 atom stereocenters. The van der Waals surface area contributed by atoms with Crippen molar-refractivity contribution in [2.24, 2.45) is 0 Å². The zero-order chi connectivity index (χ0) is 20.5. The van der Waals surface area contributed by atoms with Crippen molar-refractivity contribution < 1.29 is 4.39 Å². The van der Waals surface area contributed by atoms with Gasteiger partial charge in [-0.2, -0.15) is 0 Å². The molecule has 2 aromatic heterocycles. The molecule has 0 radical (unpaired) electrons. The van der Waals surface area contributed by atoms with Crippen molar-refractivity contribution in [3.8, 4) is 5.69 Å². The number of rotatable bonds is 5. The summed E-state index contributed by atoms with van der Waals surface area (Å²) in [6, 6.07) is 13.5. The molecule has 0 unspecified atom stereocenters. The highest BCUT2D eigenvalue weighted by Gasteiger charge is 2.19. The molecule has 29 heavy (non-hydrogen) atoms. The maximum absolute atomic E-state index is 13.2. The predicted molar refractivity (Wildman–Crippen MR) is 110 cm³/mol. The minimum Gasteiger partial charge on any atom is -0.320 e. The third kappa shape index (κ3) is 3.20. The molecule has 0 bridgehead atoms. The van der Waals surface area contributed by atoms with Crippen LogP contribution in [0.3, 0.4) is 0 Å². The molecule has 0 aliphatic rings. The van der Waals surface area contributed by atoms with Gasteiger partial charge in [-0.15, -0.1) is 6.58 Å². The number of fused-ring (bicyclic) bond motifs is 1. The van der Waals surface area contributed by atoms with Gasteiger partial charge >= 0.3 is 5.69 Å². The average Bonchev–Trinajstić information content (AvgIpc) is 3.12. The maximum Gasteiger partial charge on any atom is 0.337 e. The second-order valence-corrected chi connectivity index (χ2v) is 6.78. The van der Waals surface area contributed by atoms with E-state index in [1.807, 2.05) is 31.2 Å². The number of halogens is 1. The molecule has 6 nitrogen and oxygen atoms in total. The van der Waals surface area contributed by atoms with E-state index in [4.69, 9.17) is 0 Å². The number of hydrogen-bond donors (Lipinski definition) is 0. The fraction of sp³-hybridized carbons (Fsp3) is 0.136. The van der Waals surface area contributed by atoms with Gasteiger partial charge in [-0.3, -0.25) is 9.36 Å². The smallest absolute Gasteiger partial charge is 0.320 e. The van der Waals surface area contributed by atoms with Crippen LogP contribution >= 0.6 is 0 Å². The first-order chi connectivity index (χ1) is 14.0. The van der Waals surface area contributed by atoms with E-state index >= 15 is 0 Å². The molecule has 146 valence electrons. The Morgan fingerprint density at radius 1 is 1.10 bits per heavy atom. The van der Waals surface area contributed by atoms with E-state index in [-0.39, 0.29) is 18.0 Å². The van der Waals surface area contributed by atoms with Gasteiger partial charge in [-0.25, -0.2) is 18.7 Å². The van der Waals surface area contributed by atoms with E-state index in [2.05, 4.69) is 11.6 Å². The predicted octanol–water partition coefficient (Wildman–Crippen LogP) is 3.03. The zero-order valence-corrected chi connectivity index (χ0v) is 15.9. The molecular formula is C22H19FN4O2. The molecule has 2 aromatic carbocycles. The van der Waals surface area contributed by atoms with Gasteiger partial charge in [0.1, 0.15) is 5.82 Å². The first-order valence-electron chi connectivity index (χ1n) is 9.13. The highest BCUT2D eigenvalue weighted by molar-refractivity contribution is 5.73. The highest BCUT2D eigenvalue weighted by atomic mass is 19.1. The summed E-state index contributed by atoms with van der Waals surface area (Å²) in [5.41, 5.74) is 2.04. The van der Waals surface area contributed by atoms with Crippen LogP contribution in [0, 0.1) is 12.7 Å². The van der Waals surface area contributed by atoms with E-state index in [0.717, 1.165) is 15.7 Å². The van der Waals surface area contributed by atoms with Crippen molar-refractivity contribution in [3.05, 3.63) is 105 Å². The van der Waals surface area contributed by atoms with E-state index < -0.39 is 11.2 Å². The Kier molecular flexibility index (Phi) is 4.72. The summed E-state index contributed by atoms with van der Waals surface area (Å²) in [7, 11) is 0. The van der Waals surface area contributed by atoms with E-state index in [1.54, 1.807) is 16.7 Å². The topological polar surface area (TPSA) is 61.8 Å². The van der Waals surface area contributed by atoms with Crippen LogP contribution in [0.1, 0.15) is 11.1 Å². The van der Waals surface area contributed by atoms with E-state index in [1.165, 1.54) is 29.1 Å². The van der Waals surface area contributed by atoms with Crippen LogP contribution in [0.4, 0.5) is 4.39 Å². The molecule has 4 rings (SSSR count). The largest absolute Gasteiger partial charge is 0.337 e. The Labute approximate surface area is 165 Å². The van der Waals surface area contributed by atoms with Crippen molar-refractivity contribution in [1.29, 1.82) is 0 Å². The van der Waals surface area contributed by atoms with Crippen LogP contribution in [0.15, 0.2) is 77.1 Å². The first-order valence-corrected chi connectivity index (χ1v) is 9.13. The molecule has 7 heteroatoms. The molecule has 0 N–H and O–H groups in total. The lowest BCUT2D eigenvalue weighted by atomic mass is 10.2. The van der Waals surface area contributed by atoms with Crippen molar-refractivity contribution in [3.63, 3.8) is 0 Å². The molecule has 0 aliphatic carbocycles. The Morgan fingerprint density at radius 2 is 1.83 bits per heavy atom. The summed E-state index contributed by atoms with van der Waals surface area (Å²) in [4.78, 5) is 30.6. The van der Waals surface area contributed by atoms with Gasteiger partial charge in [0.25, 0.3) is 5.56 Å². The third-order valence-electron chi connectivity index (χ3n) is 4.83. The van der Waals surface area contributed by atoms with E-state index in [0.29, 0.717) is 17.7 Å². The third-order valence-corrected chi connectivity index (χ3v) is 4.83. The number of aryl methyl sites for hydroxylation is 1. The Hall–Kier alpha value is -3.74. The summed E-state index contributed by atoms with van der Waals surface area (Å²) < 4.78 is 17.5. The number of para-hydroxylation sites is 1. The van der Waals surface area contributed by atoms with Crippen molar-refractivity contribution in [2.45, 2.75) is 20.0 Å². The van der Waals surface area contributed by atoms with Crippen molar-refractivity contribution in [1.82, 2.24) is 18.7 Å². The maximum atomic E-state index is 13.2. The average molecular weight is 390 g/mol. The zero-order valence-electron chi connectivity index (χ0n) is 15.9. The van der Waals surface area contributed by atoms with E-state index in [9.17, 15) is 14.0 Å². The molecule has 0 fully saturated rings. The minimum absolute atomic E-state index is 0.0845. The summed E-state index contributed by atoms with van der Waals surface area (Å²) in [5, 5.41) is 0. The standard InChI is InChI=1S/C22H19FN4O2/c1-3-12-26-21(28)19-20(27(22(26)29)18-7-5-4-6-15(18)2)24-14-25(19)13-16-8-10-17(23)11-9-16/h3-11,14H,1,12-13H2,2H3. The van der Waals surface area contributed by atoms with Gasteiger partial charge in [0.05, 0.1) is 12.0 Å². The Morgan fingerprint density at radius 3 is 2.52 bits per heavy atom. The monoisotopic (exact) mass is 390 g/mol. The van der Waals surface area contributed by atoms with Gasteiger partial charge in [0.15, 0.2) is 11.2 Å². The summed E-state index contributed by atoms with van der Waals surface area (Å²) >= 11 is 0. The summed E-state index contributed by atoms with van der Waals surface area (Å²) in [6.07, 6.45) is 3.04. The number of benzene rings is 2. The quantitative estimate of drug-likeness (QED) is 0.492. The SMILES string of the molecule is C=CCn1c(=O)c2c(ncn2Cc2ccc(F)cc2)n(-c2ccccc2C)c1=O.